The molecule has 206 valence electrons. The Balaban J connectivity index is 1.33. The van der Waals surface area contributed by atoms with Gasteiger partial charge < -0.3 is 9.64 Å². The molecule has 0 radical (unpaired) electrons. The van der Waals surface area contributed by atoms with Gasteiger partial charge in [-0.2, -0.15) is 13.2 Å². The number of aryl methyl sites for hydroxylation is 2. The van der Waals surface area contributed by atoms with E-state index in [1.807, 2.05) is 0 Å². The molecule has 40 heavy (non-hydrogen) atoms. The zero-order chi connectivity index (χ0) is 28.8. The molecule has 0 aromatic carbocycles. The number of alkyl halides is 3. The van der Waals surface area contributed by atoms with Crippen LogP contribution in [0.3, 0.4) is 0 Å². The fraction of sp³-hybridized carbons (Fsp3) is 0.240. The van der Waals surface area contributed by atoms with Gasteiger partial charge in [0.15, 0.2) is 10.8 Å². The number of amides is 2. The third-order valence-electron chi connectivity index (χ3n) is 6.03. The molecule has 15 heteroatoms. The summed E-state index contributed by atoms with van der Waals surface area (Å²) in [6.45, 7) is 3.36. The Labute approximate surface area is 234 Å². The van der Waals surface area contributed by atoms with Crippen molar-refractivity contribution in [2.45, 2.75) is 33.1 Å². The van der Waals surface area contributed by atoms with Gasteiger partial charge in [0.25, 0.3) is 11.8 Å². The minimum atomic E-state index is -4.66. The molecule has 5 heterocycles. The summed E-state index contributed by atoms with van der Waals surface area (Å²) in [4.78, 5) is 48.3. The molecule has 0 saturated carbocycles. The van der Waals surface area contributed by atoms with Gasteiger partial charge in [-0.3, -0.25) is 19.9 Å². The number of fused-ring (bicyclic) bond motifs is 1. The maximum Gasteiger partial charge on any atom is 0.434 e. The topological polar surface area (TPSA) is 123 Å². The maximum absolute atomic E-state index is 13.3. The number of ether oxygens (including phenoxy) is 1. The number of pyridine rings is 2. The van der Waals surface area contributed by atoms with Gasteiger partial charge in [-0.05, 0) is 26.0 Å². The number of hydrogen-bond acceptors (Lipinski definition) is 9. The molecule has 0 aliphatic carbocycles. The second-order valence-corrected chi connectivity index (χ2v) is 10.2. The number of carbonyl (C=O) groups is 2. The highest BCUT2D eigenvalue weighted by Gasteiger charge is 2.35. The van der Waals surface area contributed by atoms with E-state index in [1.165, 1.54) is 42.7 Å². The van der Waals surface area contributed by atoms with E-state index in [2.05, 4.69) is 30.2 Å². The molecule has 1 N–H and O–H groups in total. The highest BCUT2D eigenvalue weighted by molar-refractivity contribution is 7.16. The third kappa shape index (κ3) is 5.31. The fourth-order valence-corrected chi connectivity index (χ4v) is 5.27. The monoisotopic (exact) mass is 589 g/mol. The number of rotatable bonds is 5. The lowest BCUT2D eigenvalue weighted by atomic mass is 10.0. The highest BCUT2D eigenvalue weighted by atomic mass is 35.5. The Morgan fingerprint density at radius 2 is 1.82 bits per heavy atom. The summed E-state index contributed by atoms with van der Waals surface area (Å²) < 4.78 is 44.1. The van der Waals surface area contributed by atoms with Crippen LogP contribution in [0, 0.1) is 13.8 Å². The van der Waals surface area contributed by atoms with Crippen LogP contribution in [0.2, 0.25) is 5.15 Å². The van der Waals surface area contributed by atoms with Crippen LogP contribution in [0.15, 0.2) is 30.7 Å². The number of aromatic nitrogens is 5. The molecule has 0 atom stereocenters. The molecule has 2 amide bonds. The van der Waals surface area contributed by atoms with E-state index in [1.54, 1.807) is 19.1 Å². The summed E-state index contributed by atoms with van der Waals surface area (Å²) in [6.07, 6.45) is -1.20. The molecule has 1 aliphatic heterocycles. The molecule has 1 aliphatic rings. The molecule has 0 spiro atoms. The van der Waals surface area contributed by atoms with Gasteiger partial charge in [0.2, 0.25) is 0 Å². The molecular weight excluding hydrogens is 571 g/mol. The van der Waals surface area contributed by atoms with E-state index in [9.17, 15) is 22.8 Å². The molecule has 10 nitrogen and oxygen atoms in total. The lowest BCUT2D eigenvalue weighted by molar-refractivity contribution is -0.141. The minimum absolute atomic E-state index is 0.104. The van der Waals surface area contributed by atoms with E-state index in [-0.39, 0.29) is 35.2 Å². The van der Waals surface area contributed by atoms with Crippen LogP contribution < -0.4 is 10.1 Å². The van der Waals surface area contributed by atoms with Gasteiger partial charge in [-0.1, -0.05) is 22.9 Å². The van der Waals surface area contributed by atoms with Crippen LogP contribution in [-0.2, 0) is 19.3 Å². The smallest absolute Gasteiger partial charge is 0.434 e. The molecular formula is C25H19ClF3N7O3S. The Bertz CT molecular complexity index is 1640. The third-order valence-corrected chi connectivity index (χ3v) is 7.23. The molecule has 0 unspecified atom stereocenters. The maximum atomic E-state index is 13.3. The van der Waals surface area contributed by atoms with Crippen molar-refractivity contribution in [2.24, 2.45) is 0 Å². The molecule has 4 aromatic heterocycles. The largest absolute Gasteiger partial charge is 0.494 e. The fourth-order valence-electron chi connectivity index (χ4n) is 4.13. The van der Waals surface area contributed by atoms with Gasteiger partial charge in [-0.25, -0.2) is 19.9 Å². The van der Waals surface area contributed by atoms with Crippen LogP contribution in [0.1, 0.15) is 48.5 Å². The van der Waals surface area contributed by atoms with Crippen molar-refractivity contribution < 1.29 is 27.5 Å². The second kappa shape index (κ2) is 10.4. The van der Waals surface area contributed by atoms with Crippen molar-refractivity contribution in [2.75, 3.05) is 12.4 Å². The highest BCUT2D eigenvalue weighted by Crippen LogP contribution is 2.36. The normalized spacial score (nSPS) is 12.8. The molecule has 0 fully saturated rings. The lowest BCUT2D eigenvalue weighted by Gasteiger charge is -2.16. The predicted octanol–water partition coefficient (Wildman–Crippen LogP) is 5.10. The zero-order valence-corrected chi connectivity index (χ0v) is 22.7. The van der Waals surface area contributed by atoms with Crippen LogP contribution in [0.4, 0.5) is 18.3 Å². The van der Waals surface area contributed by atoms with Gasteiger partial charge >= 0.3 is 6.18 Å². The van der Waals surface area contributed by atoms with E-state index in [0.29, 0.717) is 39.6 Å². The summed E-state index contributed by atoms with van der Waals surface area (Å²) in [5.41, 5.74) is 1.16. The van der Waals surface area contributed by atoms with E-state index >= 15 is 0 Å². The SMILES string of the molecule is COc1cnc(Cl)cc1-c1cc(C)ncc1C(=O)Nc1nc2c(s1)CN(C(=O)c1ncc(C(F)(F)F)nc1C)C2. The number of thiazole rings is 1. The van der Waals surface area contributed by atoms with Gasteiger partial charge in [0, 0.05) is 23.0 Å². The number of nitrogens with one attached hydrogen (secondary N) is 1. The van der Waals surface area contributed by atoms with Crippen molar-refractivity contribution in [1.82, 2.24) is 29.8 Å². The summed E-state index contributed by atoms with van der Waals surface area (Å²) in [7, 11) is 1.48. The van der Waals surface area contributed by atoms with Crippen LogP contribution in [0.25, 0.3) is 11.1 Å². The second-order valence-electron chi connectivity index (χ2n) is 8.77. The Morgan fingerprint density at radius 1 is 1.05 bits per heavy atom. The standard InChI is InChI=1S/C25H19ClF3N7O3S/c1-11-4-13(14-5-20(26)31-7-17(14)39-3)15(6-30-11)22(37)35-24-34-16-9-36(10-18(16)40-24)23(38)21-12(2)33-19(8-32-21)25(27,28)29/h4-8H,9-10H2,1-3H3,(H,34,35,37). The van der Waals surface area contributed by atoms with E-state index in [0.717, 1.165) is 4.88 Å². The summed E-state index contributed by atoms with van der Waals surface area (Å²) in [6, 6.07) is 3.33. The van der Waals surface area contributed by atoms with Crippen molar-refractivity contribution in [3.8, 4) is 16.9 Å². The Kier molecular flexibility index (Phi) is 7.14. The van der Waals surface area contributed by atoms with Gasteiger partial charge in [0.1, 0.15) is 16.6 Å². The minimum Gasteiger partial charge on any atom is -0.494 e. The number of hydrogen-bond donors (Lipinski definition) is 1. The number of anilines is 1. The first-order chi connectivity index (χ1) is 18.9. The van der Waals surface area contributed by atoms with Crippen molar-refractivity contribution in [3.63, 3.8) is 0 Å². The first kappa shape index (κ1) is 27.4. The lowest BCUT2D eigenvalue weighted by Crippen LogP contribution is -2.28. The van der Waals surface area contributed by atoms with Crippen LogP contribution >= 0.6 is 22.9 Å². The molecule has 4 aromatic rings. The summed E-state index contributed by atoms with van der Waals surface area (Å²) in [5.74, 6) is -0.599. The number of methoxy groups -OCH3 is 1. The first-order valence-corrected chi connectivity index (χ1v) is 12.8. The zero-order valence-electron chi connectivity index (χ0n) is 21.1. The van der Waals surface area contributed by atoms with Gasteiger partial charge in [0.05, 0.1) is 54.4 Å². The molecule has 0 bridgehead atoms. The van der Waals surface area contributed by atoms with Crippen LogP contribution in [0.5, 0.6) is 5.75 Å². The number of halogens is 4. The Hall–Kier alpha value is -4.17. The molecule has 5 rings (SSSR count). The van der Waals surface area contributed by atoms with E-state index < -0.39 is 23.7 Å². The Morgan fingerprint density at radius 3 is 2.50 bits per heavy atom. The van der Waals surface area contributed by atoms with Gasteiger partial charge in [-0.15, -0.1) is 0 Å². The number of nitrogens with zero attached hydrogens (tertiary/aromatic N) is 6. The summed E-state index contributed by atoms with van der Waals surface area (Å²) >= 11 is 7.29. The van der Waals surface area contributed by atoms with Crippen LogP contribution in [-0.4, -0.2) is 48.7 Å². The van der Waals surface area contributed by atoms with Crippen molar-refractivity contribution in [3.05, 3.63) is 74.8 Å². The quantitative estimate of drug-likeness (QED) is 0.319. The van der Waals surface area contributed by atoms with Crippen molar-refractivity contribution in [1.29, 1.82) is 0 Å². The predicted molar refractivity (Wildman–Crippen MR) is 139 cm³/mol. The van der Waals surface area contributed by atoms with Crippen molar-refractivity contribution >= 4 is 39.9 Å². The number of carbonyl (C=O) groups excluding carboxylic acids is 2. The average molecular weight is 590 g/mol. The first-order valence-electron chi connectivity index (χ1n) is 11.6. The van der Waals surface area contributed by atoms with E-state index in [4.69, 9.17) is 16.3 Å². The average Bonchev–Trinajstić information content (AvgIpc) is 3.46. The molecule has 0 saturated heterocycles. The summed E-state index contributed by atoms with van der Waals surface area (Å²) in [5, 5.41) is 3.33.